The number of hydrogen-bond donors (Lipinski definition) is 2. The molecule has 0 fully saturated rings. The summed E-state index contributed by atoms with van der Waals surface area (Å²) in [6, 6.07) is 16.8. The molecule has 8 heteroatoms. The van der Waals surface area contributed by atoms with Crippen LogP contribution >= 0.6 is 0 Å². The molecule has 5 rings (SSSR count). The maximum Gasteiger partial charge on any atom is 0.308 e. The van der Waals surface area contributed by atoms with Crippen LogP contribution in [0.1, 0.15) is 47.4 Å². The third kappa shape index (κ3) is 4.64. The molecule has 0 saturated heterocycles. The van der Waals surface area contributed by atoms with E-state index in [0.29, 0.717) is 40.9 Å². The van der Waals surface area contributed by atoms with Gasteiger partial charge in [-0.25, -0.2) is 0 Å². The van der Waals surface area contributed by atoms with Crippen LogP contribution in [0.25, 0.3) is 0 Å². The van der Waals surface area contributed by atoms with Crippen LogP contribution in [0.5, 0.6) is 28.7 Å². The molecule has 1 heterocycles. The highest BCUT2D eigenvalue weighted by molar-refractivity contribution is 5.78. The number of methoxy groups -OCH3 is 1. The van der Waals surface area contributed by atoms with Gasteiger partial charge in [-0.15, -0.1) is 0 Å². The lowest BCUT2D eigenvalue weighted by Gasteiger charge is -2.25. The van der Waals surface area contributed by atoms with Gasteiger partial charge in [0.05, 0.1) is 26.2 Å². The first-order valence-electron chi connectivity index (χ1n) is 12.4. The van der Waals surface area contributed by atoms with Gasteiger partial charge in [0, 0.05) is 23.5 Å². The second kappa shape index (κ2) is 10.6. The number of aliphatic hydroxyl groups is 1. The Morgan fingerprint density at radius 1 is 0.892 bits per heavy atom. The highest BCUT2D eigenvalue weighted by Gasteiger charge is 2.48. The van der Waals surface area contributed by atoms with E-state index >= 15 is 0 Å². The predicted octanol–water partition coefficient (Wildman–Crippen LogP) is 4.56. The Kier molecular flexibility index (Phi) is 7.10. The van der Waals surface area contributed by atoms with Crippen LogP contribution in [0.4, 0.5) is 0 Å². The van der Waals surface area contributed by atoms with Crippen molar-refractivity contribution in [2.75, 3.05) is 33.7 Å². The Morgan fingerprint density at radius 3 is 2.43 bits per heavy atom. The number of fused-ring (bicyclic) bond motifs is 2. The van der Waals surface area contributed by atoms with Crippen molar-refractivity contribution < 1.29 is 38.7 Å². The van der Waals surface area contributed by atoms with Crippen molar-refractivity contribution in [1.82, 2.24) is 0 Å². The summed E-state index contributed by atoms with van der Waals surface area (Å²) in [4.78, 5) is 13.0. The van der Waals surface area contributed by atoms with Crippen molar-refractivity contribution in [3.63, 3.8) is 0 Å². The van der Waals surface area contributed by atoms with Crippen LogP contribution in [0.15, 0.2) is 54.6 Å². The average molecular weight is 507 g/mol. The van der Waals surface area contributed by atoms with Crippen molar-refractivity contribution in [2.45, 2.75) is 25.2 Å². The summed E-state index contributed by atoms with van der Waals surface area (Å²) in [5.74, 6) is 0.246. The number of benzene rings is 3. The summed E-state index contributed by atoms with van der Waals surface area (Å²) in [6.45, 7) is 2.64. The molecule has 0 radical (unpaired) electrons. The van der Waals surface area contributed by atoms with E-state index in [4.69, 9.17) is 23.7 Å². The number of hydrogen-bond acceptors (Lipinski definition) is 7. The minimum Gasteiger partial charge on any atom is -0.497 e. The second-order valence-corrected chi connectivity index (χ2v) is 9.05. The van der Waals surface area contributed by atoms with Crippen molar-refractivity contribution in [1.29, 1.82) is 0 Å². The molecule has 2 N–H and O–H groups in total. The van der Waals surface area contributed by atoms with Gasteiger partial charge in [0.15, 0.2) is 11.5 Å². The Bertz CT molecular complexity index is 1290. The van der Waals surface area contributed by atoms with Gasteiger partial charge in [0.2, 0.25) is 6.79 Å². The summed E-state index contributed by atoms with van der Waals surface area (Å²) in [6.07, 6.45) is 0.857. The van der Waals surface area contributed by atoms with Crippen molar-refractivity contribution >= 4 is 5.97 Å². The molecule has 3 aromatic carbocycles. The first kappa shape index (κ1) is 24.8. The van der Waals surface area contributed by atoms with E-state index in [-0.39, 0.29) is 20.0 Å². The lowest BCUT2D eigenvalue weighted by Crippen LogP contribution is -2.24. The molecule has 0 spiro atoms. The number of carbonyl (C=O) groups is 1. The summed E-state index contributed by atoms with van der Waals surface area (Å²) in [5, 5.41) is 20.0. The van der Waals surface area contributed by atoms with Gasteiger partial charge in [-0.05, 0) is 53.4 Å². The summed E-state index contributed by atoms with van der Waals surface area (Å²) in [5.41, 5.74) is 3.31. The van der Waals surface area contributed by atoms with E-state index in [1.807, 2.05) is 49.4 Å². The van der Waals surface area contributed by atoms with Crippen LogP contribution in [-0.2, 0) is 4.79 Å². The van der Waals surface area contributed by atoms with Gasteiger partial charge in [-0.3, -0.25) is 4.79 Å². The standard InChI is InChI=1S/C29H30O8/c1-3-11-34-19-6-7-20-22(14-19)27(21-8-5-18(33-2)15-24(21)35-12-10-30)28(29(31)32)26(20)17-4-9-23-25(13-17)37-16-36-23/h4-9,13-15,26-28,30H,3,10-12,16H2,1-2H3,(H,31,32)/t26?,27-,28-/m0/s1. The van der Waals surface area contributed by atoms with Gasteiger partial charge >= 0.3 is 5.97 Å². The molecule has 0 saturated carbocycles. The van der Waals surface area contributed by atoms with Gasteiger partial charge < -0.3 is 33.9 Å². The molecule has 3 aromatic rings. The maximum absolute atomic E-state index is 13.0. The molecule has 1 unspecified atom stereocenters. The molecule has 37 heavy (non-hydrogen) atoms. The average Bonchev–Trinajstić information content (AvgIpc) is 3.52. The normalized spacial score (nSPS) is 19.4. The minimum absolute atomic E-state index is 0.0721. The Morgan fingerprint density at radius 2 is 1.68 bits per heavy atom. The van der Waals surface area contributed by atoms with E-state index in [1.54, 1.807) is 19.2 Å². The van der Waals surface area contributed by atoms with E-state index in [1.165, 1.54) is 0 Å². The van der Waals surface area contributed by atoms with Crippen LogP contribution in [-0.4, -0.2) is 49.9 Å². The number of aliphatic carboxylic acids is 1. The molecular weight excluding hydrogens is 476 g/mol. The summed E-state index contributed by atoms with van der Waals surface area (Å²) < 4.78 is 28.3. The quantitative estimate of drug-likeness (QED) is 0.413. The highest BCUT2D eigenvalue weighted by atomic mass is 16.7. The van der Waals surface area contributed by atoms with Crippen molar-refractivity contribution in [3.8, 4) is 28.7 Å². The van der Waals surface area contributed by atoms with Crippen molar-refractivity contribution in [2.24, 2.45) is 5.92 Å². The molecule has 0 amide bonds. The fourth-order valence-electron chi connectivity index (χ4n) is 5.31. The lowest BCUT2D eigenvalue weighted by atomic mass is 9.79. The Hall–Kier alpha value is -3.91. The largest absolute Gasteiger partial charge is 0.497 e. The first-order valence-corrected chi connectivity index (χ1v) is 12.4. The summed E-state index contributed by atoms with van der Waals surface area (Å²) >= 11 is 0. The zero-order chi connectivity index (χ0) is 25.9. The second-order valence-electron chi connectivity index (χ2n) is 9.05. The van der Waals surface area contributed by atoms with Crippen LogP contribution in [0.3, 0.4) is 0 Å². The number of rotatable bonds is 10. The number of carboxylic acids is 1. The van der Waals surface area contributed by atoms with Gasteiger partial charge in [-0.2, -0.15) is 0 Å². The van der Waals surface area contributed by atoms with E-state index in [9.17, 15) is 15.0 Å². The molecule has 2 aliphatic rings. The SMILES string of the molecule is CCCOc1ccc2c(c1)[C@H](c1ccc(OC)cc1OCCO)[C@@H](C(=O)O)C2c1ccc2c(c1)OCO2. The predicted molar refractivity (Wildman–Crippen MR) is 135 cm³/mol. The van der Waals surface area contributed by atoms with Crippen molar-refractivity contribution in [3.05, 3.63) is 76.9 Å². The minimum atomic E-state index is -0.927. The van der Waals surface area contributed by atoms with E-state index in [2.05, 4.69) is 0 Å². The molecule has 194 valence electrons. The molecule has 0 aromatic heterocycles. The maximum atomic E-state index is 13.0. The molecule has 0 bridgehead atoms. The summed E-state index contributed by atoms with van der Waals surface area (Å²) in [7, 11) is 1.56. The van der Waals surface area contributed by atoms with Crippen LogP contribution in [0.2, 0.25) is 0 Å². The first-order chi connectivity index (χ1) is 18.0. The Labute approximate surface area is 215 Å². The molecule has 3 atom stereocenters. The molecule has 1 aliphatic carbocycles. The van der Waals surface area contributed by atoms with Gasteiger partial charge in [0.25, 0.3) is 0 Å². The lowest BCUT2D eigenvalue weighted by molar-refractivity contribution is -0.142. The highest BCUT2D eigenvalue weighted by Crippen LogP contribution is 2.56. The topological polar surface area (TPSA) is 104 Å². The molecule has 1 aliphatic heterocycles. The van der Waals surface area contributed by atoms with Crippen LogP contribution in [0, 0.1) is 5.92 Å². The Balaban J connectivity index is 1.69. The zero-order valence-corrected chi connectivity index (χ0v) is 20.8. The number of carboxylic acid groups (broad SMARTS) is 1. The fourth-order valence-corrected chi connectivity index (χ4v) is 5.31. The van der Waals surface area contributed by atoms with Crippen LogP contribution < -0.4 is 23.7 Å². The monoisotopic (exact) mass is 506 g/mol. The molecular formula is C29H30O8. The third-order valence-electron chi connectivity index (χ3n) is 6.86. The number of ether oxygens (including phenoxy) is 5. The van der Waals surface area contributed by atoms with E-state index < -0.39 is 23.7 Å². The fraction of sp³-hybridized carbons (Fsp3) is 0.345. The number of aliphatic hydroxyl groups excluding tert-OH is 1. The smallest absolute Gasteiger partial charge is 0.308 e. The van der Waals surface area contributed by atoms with E-state index in [0.717, 1.165) is 23.1 Å². The zero-order valence-electron chi connectivity index (χ0n) is 20.8. The van der Waals surface area contributed by atoms with Gasteiger partial charge in [-0.1, -0.05) is 25.1 Å². The third-order valence-corrected chi connectivity index (χ3v) is 6.86. The molecule has 8 nitrogen and oxygen atoms in total. The van der Waals surface area contributed by atoms with Gasteiger partial charge in [0.1, 0.15) is 23.9 Å².